The van der Waals surface area contributed by atoms with Gasteiger partial charge >= 0.3 is 5.69 Å². The van der Waals surface area contributed by atoms with Crippen LogP contribution in [0.1, 0.15) is 5.69 Å². The largest absolute Gasteiger partial charge is 0.353 e. The molecule has 4 aromatic rings. The van der Waals surface area contributed by atoms with Crippen LogP contribution in [-0.2, 0) is 0 Å². The van der Waals surface area contributed by atoms with Crippen LogP contribution in [0.25, 0.3) is 10.9 Å². The van der Waals surface area contributed by atoms with E-state index in [2.05, 4.69) is 30.6 Å². The fourth-order valence-electron chi connectivity index (χ4n) is 2.81. The van der Waals surface area contributed by atoms with Crippen LogP contribution in [-0.4, -0.2) is 24.9 Å². The molecular formula is C19H15N7O2. The molecule has 0 fully saturated rings. The van der Waals surface area contributed by atoms with Crippen molar-refractivity contribution in [2.24, 2.45) is 0 Å². The zero-order chi connectivity index (χ0) is 19.5. The average Bonchev–Trinajstić information content (AvgIpc) is 2.68. The molecule has 0 bridgehead atoms. The first-order chi connectivity index (χ1) is 13.6. The minimum atomic E-state index is -0.524. The van der Waals surface area contributed by atoms with Crippen molar-refractivity contribution in [3.05, 3.63) is 76.9 Å². The third-order valence-electron chi connectivity index (χ3n) is 4.04. The molecule has 0 amide bonds. The Labute approximate surface area is 159 Å². The number of hydrogen-bond donors (Lipinski definition) is 2. The summed E-state index contributed by atoms with van der Waals surface area (Å²) in [5, 5.41) is 18.5. The molecule has 28 heavy (non-hydrogen) atoms. The lowest BCUT2D eigenvalue weighted by Gasteiger charge is -2.11. The van der Waals surface area contributed by atoms with E-state index < -0.39 is 4.92 Å². The fourth-order valence-corrected chi connectivity index (χ4v) is 2.81. The first kappa shape index (κ1) is 17.3. The molecule has 0 saturated carbocycles. The zero-order valence-electron chi connectivity index (χ0n) is 14.8. The number of hydrogen-bond acceptors (Lipinski definition) is 8. The summed E-state index contributed by atoms with van der Waals surface area (Å²) in [6, 6.07) is 14.5. The maximum atomic E-state index is 11.8. The fraction of sp³-hybridized carbons (Fsp3) is 0.0526. The SMILES string of the molecule is Cc1cccc(Nc2ncnc(Nc3cccc4ncccc34)c2[N+](=O)[O-])n1. The first-order valence-corrected chi connectivity index (χ1v) is 8.42. The molecule has 0 unspecified atom stereocenters. The number of aromatic nitrogens is 4. The molecule has 1 aromatic carbocycles. The Morgan fingerprint density at radius 3 is 2.50 bits per heavy atom. The van der Waals surface area contributed by atoms with Crippen molar-refractivity contribution >= 4 is 39.7 Å². The van der Waals surface area contributed by atoms with E-state index in [-0.39, 0.29) is 17.3 Å². The van der Waals surface area contributed by atoms with E-state index in [1.165, 1.54) is 6.33 Å². The topological polar surface area (TPSA) is 119 Å². The molecular weight excluding hydrogens is 358 g/mol. The van der Waals surface area contributed by atoms with Gasteiger partial charge in [0.25, 0.3) is 0 Å². The van der Waals surface area contributed by atoms with Crippen molar-refractivity contribution in [2.75, 3.05) is 10.6 Å². The lowest BCUT2D eigenvalue weighted by molar-refractivity contribution is -0.383. The highest BCUT2D eigenvalue weighted by Crippen LogP contribution is 2.34. The summed E-state index contributed by atoms with van der Waals surface area (Å²) in [4.78, 5) is 27.9. The number of nitrogens with zero attached hydrogens (tertiary/aromatic N) is 5. The summed E-state index contributed by atoms with van der Waals surface area (Å²) in [7, 11) is 0. The summed E-state index contributed by atoms with van der Waals surface area (Å²) in [6.07, 6.45) is 2.95. The molecule has 9 nitrogen and oxygen atoms in total. The Kier molecular flexibility index (Phi) is 4.47. The minimum absolute atomic E-state index is 0.0546. The Morgan fingerprint density at radius 1 is 0.929 bits per heavy atom. The van der Waals surface area contributed by atoms with E-state index in [0.29, 0.717) is 11.5 Å². The van der Waals surface area contributed by atoms with E-state index in [9.17, 15) is 10.1 Å². The highest BCUT2D eigenvalue weighted by atomic mass is 16.6. The lowest BCUT2D eigenvalue weighted by Crippen LogP contribution is -2.06. The molecule has 3 heterocycles. The van der Waals surface area contributed by atoms with Gasteiger partial charge in [-0.2, -0.15) is 0 Å². The Bertz CT molecular complexity index is 1170. The average molecular weight is 373 g/mol. The van der Waals surface area contributed by atoms with Crippen LogP contribution in [0, 0.1) is 17.0 Å². The van der Waals surface area contributed by atoms with Crippen LogP contribution in [0.3, 0.4) is 0 Å². The third kappa shape index (κ3) is 3.40. The van der Waals surface area contributed by atoms with Crippen LogP contribution < -0.4 is 10.6 Å². The van der Waals surface area contributed by atoms with Gasteiger partial charge in [0.15, 0.2) is 0 Å². The van der Waals surface area contributed by atoms with Gasteiger partial charge in [0.05, 0.1) is 10.4 Å². The van der Waals surface area contributed by atoms with Crippen molar-refractivity contribution in [3.63, 3.8) is 0 Å². The molecule has 0 aliphatic heterocycles. The van der Waals surface area contributed by atoms with Gasteiger partial charge < -0.3 is 10.6 Å². The highest BCUT2D eigenvalue weighted by molar-refractivity contribution is 5.93. The molecule has 9 heteroatoms. The first-order valence-electron chi connectivity index (χ1n) is 8.42. The van der Waals surface area contributed by atoms with Gasteiger partial charge in [-0.1, -0.05) is 12.1 Å². The van der Waals surface area contributed by atoms with Gasteiger partial charge in [0.1, 0.15) is 12.1 Å². The summed E-state index contributed by atoms with van der Waals surface area (Å²) in [5.41, 5.74) is 1.94. The maximum Gasteiger partial charge on any atom is 0.353 e. The smallest absolute Gasteiger partial charge is 0.334 e. The molecule has 4 rings (SSSR count). The molecule has 0 atom stereocenters. The Morgan fingerprint density at radius 2 is 1.71 bits per heavy atom. The van der Waals surface area contributed by atoms with Gasteiger partial charge in [0.2, 0.25) is 11.6 Å². The van der Waals surface area contributed by atoms with Crippen molar-refractivity contribution in [3.8, 4) is 0 Å². The zero-order valence-corrected chi connectivity index (χ0v) is 14.8. The molecule has 2 N–H and O–H groups in total. The monoisotopic (exact) mass is 373 g/mol. The number of nitrogens with one attached hydrogen (secondary N) is 2. The van der Waals surface area contributed by atoms with Gasteiger partial charge in [0, 0.05) is 23.0 Å². The van der Waals surface area contributed by atoms with Crippen molar-refractivity contribution < 1.29 is 4.92 Å². The highest BCUT2D eigenvalue weighted by Gasteiger charge is 2.24. The number of anilines is 4. The second-order valence-electron chi connectivity index (χ2n) is 5.97. The summed E-state index contributed by atoms with van der Waals surface area (Å²) >= 11 is 0. The molecule has 0 radical (unpaired) electrons. The van der Waals surface area contributed by atoms with Gasteiger partial charge in [-0.25, -0.2) is 15.0 Å². The van der Waals surface area contributed by atoms with E-state index in [0.717, 1.165) is 16.6 Å². The molecule has 0 aliphatic rings. The predicted molar refractivity (Wildman–Crippen MR) is 106 cm³/mol. The summed E-state index contributed by atoms with van der Waals surface area (Å²) < 4.78 is 0. The normalized spacial score (nSPS) is 10.6. The number of benzene rings is 1. The predicted octanol–water partition coefficient (Wildman–Crippen LogP) is 4.12. The van der Waals surface area contributed by atoms with E-state index in [4.69, 9.17) is 0 Å². The number of nitro groups is 1. The third-order valence-corrected chi connectivity index (χ3v) is 4.04. The molecule has 0 saturated heterocycles. The maximum absolute atomic E-state index is 11.8. The van der Waals surface area contributed by atoms with Crippen molar-refractivity contribution in [2.45, 2.75) is 6.92 Å². The second kappa shape index (κ2) is 7.23. The lowest BCUT2D eigenvalue weighted by atomic mass is 10.2. The van der Waals surface area contributed by atoms with Crippen LogP contribution in [0.4, 0.5) is 28.8 Å². The van der Waals surface area contributed by atoms with Crippen LogP contribution in [0.2, 0.25) is 0 Å². The van der Waals surface area contributed by atoms with Gasteiger partial charge in [-0.05, 0) is 43.3 Å². The minimum Gasteiger partial charge on any atom is -0.334 e. The van der Waals surface area contributed by atoms with Crippen LogP contribution in [0.15, 0.2) is 61.1 Å². The van der Waals surface area contributed by atoms with E-state index in [1.54, 1.807) is 24.4 Å². The Balaban J connectivity index is 1.76. The van der Waals surface area contributed by atoms with E-state index >= 15 is 0 Å². The number of fused-ring (bicyclic) bond motifs is 1. The molecule has 138 valence electrons. The molecule has 3 aromatic heterocycles. The van der Waals surface area contributed by atoms with Gasteiger partial charge in [-0.15, -0.1) is 0 Å². The summed E-state index contributed by atoms with van der Waals surface area (Å²) in [5.74, 6) is 0.590. The van der Waals surface area contributed by atoms with E-state index in [1.807, 2.05) is 37.3 Å². The second-order valence-corrected chi connectivity index (χ2v) is 5.97. The van der Waals surface area contributed by atoms with Crippen LogP contribution >= 0.6 is 0 Å². The van der Waals surface area contributed by atoms with Gasteiger partial charge in [-0.3, -0.25) is 15.1 Å². The molecule has 0 spiro atoms. The van der Waals surface area contributed by atoms with Crippen molar-refractivity contribution in [1.82, 2.24) is 19.9 Å². The summed E-state index contributed by atoms with van der Waals surface area (Å²) in [6.45, 7) is 1.83. The number of aryl methyl sites for hydroxylation is 1. The Hall–Kier alpha value is -4.14. The number of rotatable bonds is 5. The van der Waals surface area contributed by atoms with Crippen molar-refractivity contribution in [1.29, 1.82) is 0 Å². The number of pyridine rings is 2. The standard InChI is InChI=1S/C19H15N7O2/c1-12-5-2-9-16(23-12)25-19-17(26(27)28)18(21-11-22-19)24-15-8-3-7-14-13(15)6-4-10-20-14/h2-11H,1H3,(H2,21,22,23,24,25). The quantitative estimate of drug-likeness (QED) is 0.396. The van der Waals surface area contributed by atoms with Crippen LogP contribution in [0.5, 0.6) is 0 Å². The molecule has 0 aliphatic carbocycles.